The average Bonchev–Trinajstić information content (AvgIpc) is 2.31. The van der Waals surface area contributed by atoms with Crippen LogP contribution in [-0.4, -0.2) is 27.4 Å². The van der Waals surface area contributed by atoms with Crippen LogP contribution in [-0.2, 0) is 4.79 Å². The summed E-state index contributed by atoms with van der Waals surface area (Å²) < 4.78 is 0. The van der Waals surface area contributed by atoms with E-state index < -0.39 is 0 Å². The Morgan fingerprint density at radius 1 is 1.37 bits per heavy atom. The van der Waals surface area contributed by atoms with Crippen molar-refractivity contribution >= 4 is 5.91 Å². The van der Waals surface area contributed by atoms with Gasteiger partial charge in [-0.05, 0) is 45.7 Å². The van der Waals surface area contributed by atoms with Crippen LogP contribution >= 0.6 is 0 Å². The summed E-state index contributed by atoms with van der Waals surface area (Å²) in [5.74, 6) is 0.168. The highest BCUT2D eigenvalue weighted by molar-refractivity contribution is 5.78. The zero-order valence-corrected chi connectivity index (χ0v) is 12.2. The molecule has 1 aliphatic heterocycles. The normalized spacial score (nSPS) is 24.7. The molecule has 2 rings (SSSR count). The van der Waals surface area contributed by atoms with E-state index in [-0.39, 0.29) is 23.5 Å². The number of aryl methyl sites for hydroxylation is 1. The second-order valence-corrected chi connectivity index (χ2v) is 6.34. The Bertz CT molecular complexity index is 461. The molecule has 19 heavy (non-hydrogen) atoms. The maximum atomic E-state index is 12.3. The minimum absolute atomic E-state index is 0.0490. The minimum Gasteiger partial charge on any atom is -0.328 e. The number of hydrogen-bond acceptors (Lipinski definition) is 3. The predicted octanol–water partition coefficient (Wildman–Crippen LogP) is 2.18. The average molecular weight is 261 g/mol. The summed E-state index contributed by atoms with van der Waals surface area (Å²) in [7, 11) is 0. The van der Waals surface area contributed by atoms with Gasteiger partial charge in [0.2, 0.25) is 5.91 Å². The topological polar surface area (TPSA) is 59.2 Å². The Hall–Kier alpha value is -1.42. The number of amides is 1. The van der Waals surface area contributed by atoms with Gasteiger partial charge in [0.15, 0.2) is 0 Å². The van der Waals surface area contributed by atoms with Crippen LogP contribution in [0.15, 0.2) is 18.3 Å². The minimum atomic E-state index is -0.244. The Kier molecular flexibility index (Phi) is 3.63. The SMILES string of the molecule is Cc1ccc(C2C(N)CCC(=O)N2C(C)(C)C)nc1. The van der Waals surface area contributed by atoms with Gasteiger partial charge in [-0.1, -0.05) is 6.07 Å². The van der Waals surface area contributed by atoms with Crippen LogP contribution in [0, 0.1) is 6.92 Å². The van der Waals surface area contributed by atoms with Crippen molar-refractivity contribution in [3.05, 3.63) is 29.6 Å². The summed E-state index contributed by atoms with van der Waals surface area (Å²) in [6, 6.07) is 3.83. The molecule has 0 saturated carbocycles. The molecule has 1 fully saturated rings. The van der Waals surface area contributed by atoms with E-state index >= 15 is 0 Å². The first-order valence-electron chi connectivity index (χ1n) is 6.81. The fourth-order valence-electron chi connectivity index (χ4n) is 2.71. The van der Waals surface area contributed by atoms with Gasteiger partial charge in [-0.2, -0.15) is 0 Å². The van der Waals surface area contributed by atoms with Crippen LogP contribution in [0.1, 0.15) is 50.9 Å². The largest absolute Gasteiger partial charge is 0.328 e. The zero-order chi connectivity index (χ0) is 14.2. The Labute approximate surface area is 115 Å². The molecule has 0 aromatic carbocycles. The quantitative estimate of drug-likeness (QED) is 0.843. The molecule has 1 aromatic heterocycles. The van der Waals surface area contributed by atoms with Gasteiger partial charge in [-0.15, -0.1) is 0 Å². The number of piperidine rings is 1. The summed E-state index contributed by atoms with van der Waals surface area (Å²) in [5.41, 5.74) is 8.02. The van der Waals surface area contributed by atoms with E-state index in [1.807, 2.05) is 50.9 Å². The van der Waals surface area contributed by atoms with Gasteiger partial charge in [-0.25, -0.2) is 0 Å². The summed E-state index contributed by atoms with van der Waals surface area (Å²) in [6.45, 7) is 8.14. The standard InChI is InChI=1S/C15H23N3O/c1-10-5-7-12(17-9-10)14-11(16)6-8-13(19)18(14)15(2,3)4/h5,7,9,11,14H,6,8,16H2,1-4H3. The van der Waals surface area contributed by atoms with E-state index in [1.54, 1.807) is 0 Å². The Morgan fingerprint density at radius 2 is 2.05 bits per heavy atom. The molecule has 0 radical (unpaired) electrons. The fraction of sp³-hybridized carbons (Fsp3) is 0.600. The van der Waals surface area contributed by atoms with Gasteiger partial charge in [0.1, 0.15) is 0 Å². The second-order valence-electron chi connectivity index (χ2n) is 6.34. The highest BCUT2D eigenvalue weighted by Gasteiger charge is 2.41. The zero-order valence-electron chi connectivity index (χ0n) is 12.2. The van der Waals surface area contributed by atoms with Gasteiger partial charge in [0, 0.05) is 24.2 Å². The van der Waals surface area contributed by atoms with Crippen molar-refractivity contribution in [2.24, 2.45) is 5.73 Å². The number of carbonyl (C=O) groups excluding carboxylic acids is 1. The van der Waals surface area contributed by atoms with Gasteiger partial charge >= 0.3 is 0 Å². The second kappa shape index (κ2) is 4.93. The third-order valence-electron chi connectivity index (χ3n) is 3.60. The van der Waals surface area contributed by atoms with Crippen molar-refractivity contribution in [2.45, 2.75) is 58.2 Å². The number of likely N-dealkylation sites (tertiary alicyclic amines) is 1. The first-order valence-corrected chi connectivity index (χ1v) is 6.81. The molecular formula is C15H23N3O. The Balaban J connectivity index is 2.42. The highest BCUT2D eigenvalue weighted by Crippen LogP contribution is 2.35. The third kappa shape index (κ3) is 2.78. The van der Waals surface area contributed by atoms with Crippen molar-refractivity contribution in [2.75, 3.05) is 0 Å². The summed E-state index contributed by atoms with van der Waals surface area (Å²) >= 11 is 0. The summed E-state index contributed by atoms with van der Waals surface area (Å²) in [4.78, 5) is 18.7. The van der Waals surface area contributed by atoms with E-state index in [0.717, 1.165) is 17.7 Å². The highest BCUT2D eigenvalue weighted by atomic mass is 16.2. The lowest BCUT2D eigenvalue weighted by molar-refractivity contribution is -0.144. The molecule has 2 heterocycles. The van der Waals surface area contributed by atoms with Crippen LogP contribution in [0.4, 0.5) is 0 Å². The first-order chi connectivity index (χ1) is 8.80. The molecule has 4 heteroatoms. The van der Waals surface area contributed by atoms with Crippen LogP contribution in [0.3, 0.4) is 0 Å². The van der Waals surface area contributed by atoms with Crippen molar-refractivity contribution in [3.63, 3.8) is 0 Å². The first kappa shape index (κ1) is 14.0. The number of carbonyl (C=O) groups is 1. The molecule has 0 spiro atoms. The van der Waals surface area contributed by atoms with E-state index in [9.17, 15) is 4.79 Å². The molecule has 0 aliphatic carbocycles. The predicted molar refractivity (Wildman–Crippen MR) is 75.5 cm³/mol. The van der Waals surface area contributed by atoms with E-state index in [1.165, 1.54) is 0 Å². The monoisotopic (exact) mass is 261 g/mol. The van der Waals surface area contributed by atoms with E-state index in [0.29, 0.717) is 6.42 Å². The van der Waals surface area contributed by atoms with Crippen molar-refractivity contribution < 1.29 is 4.79 Å². The van der Waals surface area contributed by atoms with Gasteiger partial charge in [-0.3, -0.25) is 9.78 Å². The number of aromatic nitrogens is 1. The molecule has 1 aromatic rings. The van der Waals surface area contributed by atoms with Crippen molar-refractivity contribution in [1.29, 1.82) is 0 Å². The maximum absolute atomic E-state index is 12.3. The number of pyridine rings is 1. The lowest BCUT2D eigenvalue weighted by Gasteiger charge is -2.46. The molecule has 4 nitrogen and oxygen atoms in total. The number of hydrogen-bond donors (Lipinski definition) is 1. The van der Waals surface area contributed by atoms with Crippen LogP contribution < -0.4 is 5.73 Å². The molecule has 1 amide bonds. The van der Waals surface area contributed by atoms with E-state index in [4.69, 9.17) is 5.73 Å². The lowest BCUT2D eigenvalue weighted by atomic mass is 9.88. The van der Waals surface area contributed by atoms with E-state index in [2.05, 4.69) is 4.98 Å². The van der Waals surface area contributed by atoms with Crippen LogP contribution in [0.2, 0.25) is 0 Å². The summed E-state index contributed by atoms with van der Waals surface area (Å²) in [5, 5.41) is 0. The molecule has 104 valence electrons. The van der Waals surface area contributed by atoms with Crippen molar-refractivity contribution in [1.82, 2.24) is 9.88 Å². The Morgan fingerprint density at radius 3 is 2.58 bits per heavy atom. The third-order valence-corrected chi connectivity index (χ3v) is 3.60. The van der Waals surface area contributed by atoms with Crippen LogP contribution in [0.25, 0.3) is 0 Å². The summed E-state index contributed by atoms with van der Waals surface area (Å²) in [6.07, 6.45) is 3.09. The van der Waals surface area contributed by atoms with Gasteiger partial charge < -0.3 is 10.6 Å². The fourth-order valence-corrected chi connectivity index (χ4v) is 2.71. The van der Waals surface area contributed by atoms with Crippen molar-refractivity contribution in [3.8, 4) is 0 Å². The number of rotatable bonds is 1. The lowest BCUT2D eigenvalue weighted by Crippen LogP contribution is -2.56. The molecule has 2 N–H and O–H groups in total. The molecular weight excluding hydrogens is 238 g/mol. The van der Waals surface area contributed by atoms with Crippen LogP contribution in [0.5, 0.6) is 0 Å². The van der Waals surface area contributed by atoms with Gasteiger partial charge in [0.25, 0.3) is 0 Å². The maximum Gasteiger partial charge on any atom is 0.223 e. The smallest absolute Gasteiger partial charge is 0.223 e. The van der Waals surface area contributed by atoms with Gasteiger partial charge in [0.05, 0.1) is 11.7 Å². The molecule has 2 atom stereocenters. The molecule has 1 saturated heterocycles. The molecule has 1 aliphatic rings. The molecule has 2 unspecified atom stereocenters. The number of nitrogens with zero attached hydrogens (tertiary/aromatic N) is 2. The number of nitrogens with two attached hydrogens (primary N) is 1. The molecule has 0 bridgehead atoms.